The summed E-state index contributed by atoms with van der Waals surface area (Å²) in [5.74, 6) is 0. The molecule has 1 radical (unpaired) electrons. The van der Waals surface area contributed by atoms with Gasteiger partial charge in [-0.3, -0.25) is 0 Å². The predicted octanol–water partition coefficient (Wildman–Crippen LogP) is 2.61. The third-order valence-corrected chi connectivity index (χ3v) is 1.57. The van der Waals surface area contributed by atoms with Gasteiger partial charge in [-0.15, -0.1) is 11.8 Å². The molecule has 0 aliphatic rings. The molecule has 0 saturated carbocycles. The summed E-state index contributed by atoms with van der Waals surface area (Å²) in [5, 5.41) is 0.546. The van der Waals surface area contributed by atoms with Crippen LogP contribution in [-0.4, -0.2) is 8.78 Å². The quantitative estimate of drug-likeness (QED) is 0.528. The minimum absolute atomic E-state index is 0.546. The van der Waals surface area contributed by atoms with E-state index in [1.54, 1.807) is 11.8 Å². The molecule has 0 amide bonds. The SMILES string of the molecule is CC(C)SC([S])=S. The fraction of sp³-hybridized carbons (Fsp3) is 0.750. The molecule has 3 heteroatoms. The number of thiocarbonyl (C=S) groups is 1. The lowest BCUT2D eigenvalue weighted by Gasteiger charge is -1.96. The van der Waals surface area contributed by atoms with Crippen LogP contribution in [0.3, 0.4) is 0 Å². The highest BCUT2D eigenvalue weighted by Crippen LogP contribution is 2.13. The molecular weight excluding hydrogens is 144 g/mol. The Balaban J connectivity index is 3.13. The summed E-state index contributed by atoms with van der Waals surface area (Å²) in [6, 6.07) is 0. The van der Waals surface area contributed by atoms with Crippen molar-refractivity contribution in [3.8, 4) is 0 Å². The van der Waals surface area contributed by atoms with Crippen molar-refractivity contribution < 1.29 is 0 Å². The highest BCUT2D eigenvalue weighted by molar-refractivity contribution is 8.41. The molecule has 0 aromatic carbocycles. The molecule has 7 heavy (non-hydrogen) atoms. The third kappa shape index (κ3) is 6.66. The summed E-state index contributed by atoms with van der Waals surface area (Å²) in [6.45, 7) is 4.15. The first-order valence-corrected chi connectivity index (χ1v) is 3.70. The second-order valence-electron chi connectivity index (χ2n) is 1.42. The van der Waals surface area contributed by atoms with Gasteiger partial charge in [0.15, 0.2) is 0 Å². The van der Waals surface area contributed by atoms with Gasteiger partial charge in [-0.1, -0.05) is 38.7 Å². The van der Waals surface area contributed by atoms with Gasteiger partial charge in [-0.05, 0) is 0 Å². The van der Waals surface area contributed by atoms with Crippen molar-refractivity contribution in [3.63, 3.8) is 0 Å². The van der Waals surface area contributed by atoms with Crippen LogP contribution in [0.1, 0.15) is 13.8 Å². The second kappa shape index (κ2) is 3.64. The average Bonchev–Trinajstić information content (AvgIpc) is 1.27. The van der Waals surface area contributed by atoms with Crippen molar-refractivity contribution in [2.24, 2.45) is 0 Å². The van der Waals surface area contributed by atoms with Gasteiger partial charge in [0.2, 0.25) is 0 Å². The first kappa shape index (κ1) is 7.66. The Morgan fingerprint density at radius 3 is 2.00 bits per heavy atom. The van der Waals surface area contributed by atoms with E-state index >= 15 is 0 Å². The highest BCUT2D eigenvalue weighted by atomic mass is 32.2. The lowest BCUT2D eigenvalue weighted by atomic mass is 10.6. The lowest BCUT2D eigenvalue weighted by molar-refractivity contribution is 1.12. The molecule has 0 unspecified atom stereocenters. The van der Waals surface area contributed by atoms with Crippen LogP contribution in [0.15, 0.2) is 0 Å². The van der Waals surface area contributed by atoms with Gasteiger partial charge < -0.3 is 0 Å². The topological polar surface area (TPSA) is 0 Å². The smallest absolute Gasteiger partial charge is 0.100 e. The van der Waals surface area contributed by atoms with Gasteiger partial charge in [-0.2, -0.15) is 0 Å². The Labute approximate surface area is 59.5 Å². The molecule has 0 nitrogen and oxygen atoms in total. The predicted molar refractivity (Wildman–Crippen MR) is 42.9 cm³/mol. The molecule has 0 saturated heterocycles. The number of thioether (sulfide) groups is 1. The molecule has 0 aromatic heterocycles. The summed E-state index contributed by atoms with van der Waals surface area (Å²) in [5.41, 5.74) is 0. The van der Waals surface area contributed by atoms with Gasteiger partial charge in [0.25, 0.3) is 0 Å². The van der Waals surface area contributed by atoms with E-state index in [0.717, 1.165) is 0 Å². The molecule has 0 aliphatic heterocycles. The maximum absolute atomic E-state index is 4.65. The summed E-state index contributed by atoms with van der Waals surface area (Å²) < 4.78 is 0.620. The Hall–Kier alpha value is 0.660. The van der Waals surface area contributed by atoms with Crippen molar-refractivity contribution >= 4 is 40.1 Å². The van der Waals surface area contributed by atoms with E-state index in [9.17, 15) is 0 Å². The standard InChI is InChI=1S/C4H7S3/c1-3(2)7-4(5)6/h3H,1-2H3. The molecule has 0 atom stereocenters. The van der Waals surface area contributed by atoms with Crippen molar-refractivity contribution in [2.45, 2.75) is 19.1 Å². The van der Waals surface area contributed by atoms with E-state index in [1.807, 2.05) is 0 Å². The molecule has 0 bridgehead atoms. The molecule has 0 N–H and O–H groups in total. The van der Waals surface area contributed by atoms with Gasteiger partial charge in [0.05, 0.1) is 0 Å². The molecular formula is C4H7S3. The average molecular weight is 151 g/mol. The zero-order chi connectivity index (χ0) is 5.86. The van der Waals surface area contributed by atoms with Crippen LogP contribution in [-0.2, 0) is 0 Å². The highest BCUT2D eigenvalue weighted by Gasteiger charge is 1.94. The molecule has 0 aliphatic carbocycles. The summed E-state index contributed by atoms with van der Waals surface area (Å²) in [4.78, 5) is 0. The van der Waals surface area contributed by atoms with E-state index in [-0.39, 0.29) is 0 Å². The van der Waals surface area contributed by atoms with Crippen LogP contribution >= 0.6 is 36.6 Å². The number of hydrogen-bond donors (Lipinski definition) is 0. The van der Waals surface area contributed by atoms with Crippen molar-refractivity contribution in [1.82, 2.24) is 0 Å². The van der Waals surface area contributed by atoms with Crippen molar-refractivity contribution in [1.29, 1.82) is 0 Å². The fourth-order valence-electron chi connectivity index (χ4n) is 0.192. The van der Waals surface area contributed by atoms with Crippen LogP contribution in [0.4, 0.5) is 0 Å². The maximum Gasteiger partial charge on any atom is 0.134 e. The number of hydrogen-bond acceptors (Lipinski definition) is 2. The van der Waals surface area contributed by atoms with Crippen LogP contribution in [0.2, 0.25) is 0 Å². The summed E-state index contributed by atoms with van der Waals surface area (Å²) in [7, 11) is 0. The molecule has 0 heterocycles. The molecule has 0 aromatic rings. The minimum Gasteiger partial charge on any atom is -0.100 e. The van der Waals surface area contributed by atoms with E-state index in [1.165, 1.54) is 0 Å². The van der Waals surface area contributed by atoms with Gasteiger partial charge in [0, 0.05) is 5.25 Å². The maximum atomic E-state index is 4.65. The zero-order valence-electron chi connectivity index (χ0n) is 4.30. The largest absolute Gasteiger partial charge is 0.134 e. The Bertz CT molecular complexity index is 67.3. The monoisotopic (exact) mass is 151 g/mol. The normalized spacial score (nSPS) is 9.57. The first-order chi connectivity index (χ1) is 3.13. The van der Waals surface area contributed by atoms with Gasteiger partial charge >= 0.3 is 0 Å². The molecule has 0 rings (SSSR count). The van der Waals surface area contributed by atoms with Crippen molar-refractivity contribution in [2.75, 3.05) is 0 Å². The van der Waals surface area contributed by atoms with Crippen LogP contribution in [0, 0.1) is 0 Å². The third-order valence-electron chi connectivity index (χ3n) is 0.332. The van der Waals surface area contributed by atoms with E-state index in [2.05, 4.69) is 38.7 Å². The van der Waals surface area contributed by atoms with Crippen LogP contribution in [0.5, 0.6) is 0 Å². The van der Waals surface area contributed by atoms with E-state index < -0.39 is 0 Å². The van der Waals surface area contributed by atoms with E-state index in [0.29, 0.717) is 8.78 Å². The lowest BCUT2D eigenvalue weighted by Crippen LogP contribution is -1.86. The fourth-order valence-corrected chi connectivity index (χ4v) is 1.73. The van der Waals surface area contributed by atoms with Crippen molar-refractivity contribution in [3.05, 3.63) is 0 Å². The Morgan fingerprint density at radius 1 is 1.57 bits per heavy atom. The molecule has 0 fully saturated rings. The Kier molecular flexibility index (Phi) is 3.98. The van der Waals surface area contributed by atoms with Gasteiger partial charge in [0.1, 0.15) is 3.53 Å². The summed E-state index contributed by atoms with van der Waals surface area (Å²) >= 11 is 10.9. The number of rotatable bonds is 1. The Morgan fingerprint density at radius 2 is 2.00 bits per heavy atom. The first-order valence-electron chi connectivity index (χ1n) is 2.00. The molecule has 0 spiro atoms. The van der Waals surface area contributed by atoms with Crippen LogP contribution in [0.25, 0.3) is 0 Å². The molecule has 41 valence electrons. The van der Waals surface area contributed by atoms with E-state index in [4.69, 9.17) is 0 Å². The van der Waals surface area contributed by atoms with Crippen LogP contribution < -0.4 is 0 Å². The summed E-state index contributed by atoms with van der Waals surface area (Å²) in [6.07, 6.45) is 0. The zero-order valence-corrected chi connectivity index (χ0v) is 6.75. The second-order valence-corrected chi connectivity index (χ2v) is 4.60. The minimum atomic E-state index is 0.546. The van der Waals surface area contributed by atoms with Gasteiger partial charge in [-0.25, -0.2) is 0 Å².